The van der Waals surface area contributed by atoms with Gasteiger partial charge >= 0.3 is 0 Å². The molecule has 2 nitrogen and oxygen atoms in total. The average molecular weight is 197 g/mol. The lowest BCUT2D eigenvalue weighted by Crippen LogP contribution is -1.80. The van der Waals surface area contributed by atoms with Gasteiger partial charge in [-0.1, -0.05) is 0 Å². The van der Waals surface area contributed by atoms with Gasteiger partial charge in [-0.3, -0.25) is 0 Å². The molecule has 2 rings (SSSR count). The SMILES string of the molecule is Nc1csc2c(S)ccc(O)c12. The van der Waals surface area contributed by atoms with Crippen LogP contribution in [0.1, 0.15) is 0 Å². The van der Waals surface area contributed by atoms with Gasteiger partial charge in [-0.2, -0.15) is 0 Å². The highest BCUT2D eigenvalue weighted by molar-refractivity contribution is 7.80. The van der Waals surface area contributed by atoms with Crippen LogP contribution in [0.4, 0.5) is 5.69 Å². The van der Waals surface area contributed by atoms with E-state index >= 15 is 0 Å². The van der Waals surface area contributed by atoms with Gasteiger partial charge in [0.1, 0.15) is 5.75 Å². The molecule has 0 amide bonds. The number of thiophene rings is 1. The molecule has 0 atom stereocenters. The van der Waals surface area contributed by atoms with E-state index in [-0.39, 0.29) is 5.75 Å². The molecule has 0 bridgehead atoms. The summed E-state index contributed by atoms with van der Waals surface area (Å²) in [7, 11) is 0. The Hall–Kier alpha value is -0.870. The number of fused-ring (bicyclic) bond motifs is 1. The van der Waals surface area contributed by atoms with Crippen molar-refractivity contribution in [3.63, 3.8) is 0 Å². The van der Waals surface area contributed by atoms with Crippen LogP contribution in [0, 0.1) is 0 Å². The van der Waals surface area contributed by atoms with Gasteiger partial charge < -0.3 is 10.8 Å². The highest BCUT2D eigenvalue weighted by Gasteiger charge is 2.07. The highest BCUT2D eigenvalue weighted by Crippen LogP contribution is 2.38. The first-order chi connectivity index (χ1) is 5.70. The van der Waals surface area contributed by atoms with E-state index in [9.17, 15) is 5.11 Å². The molecular weight excluding hydrogens is 190 g/mol. The van der Waals surface area contributed by atoms with E-state index in [4.69, 9.17) is 5.73 Å². The maximum Gasteiger partial charge on any atom is 0.126 e. The summed E-state index contributed by atoms with van der Waals surface area (Å²) in [6.07, 6.45) is 0. The standard InChI is InChI=1S/C8H7NOS2/c9-4-3-12-8-6(11)2-1-5(10)7(4)8/h1-3,10-11H,9H2. The minimum Gasteiger partial charge on any atom is -0.507 e. The maximum absolute atomic E-state index is 9.46. The third-order valence-corrected chi connectivity index (χ3v) is 3.26. The van der Waals surface area contributed by atoms with Gasteiger partial charge in [-0.05, 0) is 12.1 Å². The Morgan fingerprint density at radius 2 is 2.17 bits per heavy atom. The Balaban J connectivity index is 2.98. The van der Waals surface area contributed by atoms with Crippen molar-refractivity contribution in [3.05, 3.63) is 17.5 Å². The number of thiol groups is 1. The number of hydrogen-bond donors (Lipinski definition) is 3. The smallest absolute Gasteiger partial charge is 0.126 e. The summed E-state index contributed by atoms with van der Waals surface area (Å²) in [4.78, 5) is 0.851. The Bertz CT molecular complexity index is 436. The van der Waals surface area contributed by atoms with Crippen molar-refractivity contribution >= 4 is 39.7 Å². The van der Waals surface area contributed by atoms with Gasteiger partial charge in [0, 0.05) is 10.3 Å². The Kier molecular flexibility index (Phi) is 1.66. The van der Waals surface area contributed by atoms with Crippen molar-refractivity contribution < 1.29 is 5.11 Å². The van der Waals surface area contributed by atoms with Crippen molar-refractivity contribution in [2.75, 3.05) is 5.73 Å². The van der Waals surface area contributed by atoms with E-state index in [1.807, 2.05) is 5.38 Å². The van der Waals surface area contributed by atoms with Gasteiger partial charge in [-0.15, -0.1) is 24.0 Å². The molecule has 4 heteroatoms. The lowest BCUT2D eigenvalue weighted by Gasteiger charge is -1.98. The zero-order valence-electron chi connectivity index (χ0n) is 6.11. The number of rotatable bonds is 0. The van der Waals surface area contributed by atoms with Crippen LogP contribution >= 0.6 is 24.0 Å². The van der Waals surface area contributed by atoms with E-state index in [1.54, 1.807) is 12.1 Å². The van der Waals surface area contributed by atoms with E-state index < -0.39 is 0 Å². The summed E-state index contributed by atoms with van der Waals surface area (Å²) >= 11 is 5.75. The Labute approximate surface area is 79.0 Å². The number of aromatic hydroxyl groups is 1. The summed E-state index contributed by atoms with van der Waals surface area (Å²) in [5.74, 6) is 0.224. The molecule has 2 aromatic rings. The lowest BCUT2D eigenvalue weighted by molar-refractivity contribution is 0.481. The zero-order valence-corrected chi connectivity index (χ0v) is 7.82. The highest BCUT2D eigenvalue weighted by atomic mass is 32.1. The molecule has 0 aliphatic carbocycles. The minimum atomic E-state index is 0.224. The molecule has 1 aromatic heterocycles. The molecule has 0 saturated carbocycles. The van der Waals surface area contributed by atoms with E-state index in [0.717, 1.165) is 9.60 Å². The molecule has 0 saturated heterocycles. The van der Waals surface area contributed by atoms with Crippen LogP contribution in [0.2, 0.25) is 0 Å². The molecule has 1 aromatic carbocycles. The molecule has 12 heavy (non-hydrogen) atoms. The molecule has 0 radical (unpaired) electrons. The van der Waals surface area contributed by atoms with E-state index in [1.165, 1.54) is 11.3 Å². The number of hydrogen-bond acceptors (Lipinski definition) is 4. The maximum atomic E-state index is 9.46. The fourth-order valence-corrected chi connectivity index (χ4v) is 2.38. The van der Waals surface area contributed by atoms with Crippen LogP contribution in [-0.4, -0.2) is 5.11 Å². The van der Waals surface area contributed by atoms with Gasteiger partial charge in [-0.25, -0.2) is 0 Å². The molecular formula is C8H7NOS2. The Morgan fingerprint density at radius 3 is 2.83 bits per heavy atom. The van der Waals surface area contributed by atoms with Crippen LogP contribution in [-0.2, 0) is 0 Å². The molecule has 0 fully saturated rings. The van der Waals surface area contributed by atoms with Crippen molar-refractivity contribution in [2.24, 2.45) is 0 Å². The third-order valence-electron chi connectivity index (χ3n) is 1.71. The number of phenols is 1. The third kappa shape index (κ3) is 0.956. The van der Waals surface area contributed by atoms with Gasteiger partial charge in [0.15, 0.2) is 0 Å². The van der Waals surface area contributed by atoms with E-state index in [2.05, 4.69) is 12.6 Å². The number of nitrogens with two attached hydrogens (primary N) is 1. The first-order valence-electron chi connectivity index (χ1n) is 3.38. The first kappa shape index (κ1) is 7.76. The number of benzene rings is 1. The second-order valence-corrected chi connectivity index (χ2v) is 3.86. The van der Waals surface area contributed by atoms with Gasteiger partial charge in [0.2, 0.25) is 0 Å². The number of phenolic OH excluding ortho intramolecular Hbond substituents is 1. The molecule has 1 heterocycles. The second kappa shape index (κ2) is 2.57. The quantitative estimate of drug-likeness (QED) is 0.568. The van der Waals surface area contributed by atoms with Crippen molar-refractivity contribution in [2.45, 2.75) is 4.90 Å². The van der Waals surface area contributed by atoms with Crippen LogP contribution in [0.15, 0.2) is 22.4 Å². The molecule has 62 valence electrons. The van der Waals surface area contributed by atoms with Crippen LogP contribution in [0.5, 0.6) is 5.75 Å². The van der Waals surface area contributed by atoms with Gasteiger partial charge in [0.25, 0.3) is 0 Å². The normalized spacial score (nSPS) is 10.8. The fraction of sp³-hybridized carbons (Fsp3) is 0. The second-order valence-electron chi connectivity index (χ2n) is 2.50. The van der Waals surface area contributed by atoms with Crippen LogP contribution in [0.3, 0.4) is 0 Å². The summed E-state index contributed by atoms with van der Waals surface area (Å²) in [6.45, 7) is 0. The average Bonchev–Trinajstić information content (AvgIpc) is 2.42. The van der Waals surface area contributed by atoms with Crippen LogP contribution in [0.25, 0.3) is 10.1 Å². The monoisotopic (exact) mass is 197 g/mol. The zero-order chi connectivity index (χ0) is 8.72. The predicted octanol–water partition coefficient (Wildman–Crippen LogP) is 2.48. The Morgan fingerprint density at radius 1 is 1.42 bits per heavy atom. The minimum absolute atomic E-state index is 0.224. The van der Waals surface area contributed by atoms with Crippen molar-refractivity contribution in [1.82, 2.24) is 0 Å². The molecule has 0 spiro atoms. The topological polar surface area (TPSA) is 46.2 Å². The summed E-state index contributed by atoms with van der Waals surface area (Å²) in [6, 6.07) is 3.37. The lowest BCUT2D eigenvalue weighted by atomic mass is 10.2. The molecule has 0 aliphatic rings. The van der Waals surface area contributed by atoms with E-state index in [0.29, 0.717) is 11.1 Å². The van der Waals surface area contributed by atoms with Crippen molar-refractivity contribution in [1.29, 1.82) is 0 Å². The summed E-state index contributed by atoms with van der Waals surface area (Å²) in [5, 5.41) is 12.0. The number of nitrogen functional groups attached to an aromatic ring is 1. The molecule has 0 aliphatic heterocycles. The van der Waals surface area contributed by atoms with Crippen LogP contribution < -0.4 is 5.73 Å². The summed E-state index contributed by atoms with van der Waals surface area (Å²) < 4.78 is 0.941. The predicted molar refractivity (Wildman–Crippen MR) is 55.2 cm³/mol. The van der Waals surface area contributed by atoms with Crippen molar-refractivity contribution in [3.8, 4) is 5.75 Å². The summed E-state index contributed by atoms with van der Waals surface area (Å²) in [5.41, 5.74) is 6.28. The largest absolute Gasteiger partial charge is 0.507 e. The molecule has 3 N–H and O–H groups in total. The van der Waals surface area contributed by atoms with Gasteiger partial charge in [0.05, 0.1) is 15.8 Å². The number of anilines is 1. The first-order valence-corrected chi connectivity index (χ1v) is 4.70. The fourth-order valence-electron chi connectivity index (χ4n) is 1.14. The molecule has 0 unspecified atom stereocenters.